The van der Waals surface area contributed by atoms with Gasteiger partial charge in [0.25, 0.3) is 0 Å². The van der Waals surface area contributed by atoms with Crippen molar-refractivity contribution in [1.29, 1.82) is 0 Å². The lowest BCUT2D eigenvalue weighted by molar-refractivity contribution is -0.137. The first-order valence-corrected chi connectivity index (χ1v) is 8.73. The molecule has 134 valence electrons. The van der Waals surface area contributed by atoms with Crippen molar-refractivity contribution in [3.05, 3.63) is 47.0 Å². The van der Waals surface area contributed by atoms with Crippen LogP contribution < -0.4 is 5.32 Å². The zero-order chi connectivity index (χ0) is 17.6. The topological polar surface area (TPSA) is 15.3 Å². The Bertz CT molecular complexity index is 540. The Balaban J connectivity index is 2.23. The number of benzene rings is 1. The van der Waals surface area contributed by atoms with Crippen molar-refractivity contribution in [1.82, 2.24) is 10.2 Å². The maximum atomic E-state index is 13.2. The number of halogens is 4. The van der Waals surface area contributed by atoms with E-state index < -0.39 is 11.7 Å². The molecule has 0 bridgehead atoms. The third-order valence-electron chi connectivity index (χ3n) is 4.41. The molecule has 1 heterocycles. The number of nitrogens with zero attached hydrogens (tertiary/aromatic N) is 1. The van der Waals surface area contributed by atoms with Crippen molar-refractivity contribution in [3.63, 3.8) is 0 Å². The van der Waals surface area contributed by atoms with Crippen LogP contribution in [0, 0.1) is 0 Å². The fourth-order valence-corrected chi connectivity index (χ4v) is 3.37. The van der Waals surface area contributed by atoms with E-state index in [-0.39, 0.29) is 11.1 Å². The largest absolute Gasteiger partial charge is 0.417 e. The highest BCUT2D eigenvalue weighted by molar-refractivity contribution is 6.31. The second-order valence-electron chi connectivity index (χ2n) is 6.11. The quantitative estimate of drug-likeness (QED) is 0.540. The van der Waals surface area contributed by atoms with Crippen LogP contribution in [-0.2, 0) is 6.18 Å². The molecular weight excluding hydrogens is 337 g/mol. The number of allylic oxidation sites excluding steroid dienone is 1. The number of nitrogens with one attached hydrogen (secondary N) is 1. The van der Waals surface area contributed by atoms with Crippen LogP contribution in [-0.4, -0.2) is 31.1 Å². The van der Waals surface area contributed by atoms with Gasteiger partial charge in [-0.1, -0.05) is 30.2 Å². The highest BCUT2D eigenvalue weighted by Gasteiger charge is 2.34. The Morgan fingerprint density at radius 1 is 1.25 bits per heavy atom. The van der Waals surface area contributed by atoms with E-state index in [1.165, 1.54) is 12.1 Å². The fraction of sp³-hybridized carbons (Fsp3) is 0.556. The molecule has 0 aromatic heterocycles. The van der Waals surface area contributed by atoms with Crippen molar-refractivity contribution < 1.29 is 13.2 Å². The predicted octanol–water partition coefficient (Wildman–Crippen LogP) is 5.05. The molecule has 0 unspecified atom stereocenters. The molecule has 2 rings (SSSR count). The van der Waals surface area contributed by atoms with Crippen LogP contribution >= 0.6 is 11.6 Å². The highest BCUT2D eigenvalue weighted by Crippen LogP contribution is 2.38. The van der Waals surface area contributed by atoms with Crippen LogP contribution in [0.5, 0.6) is 0 Å². The molecule has 1 N–H and O–H groups in total. The predicted molar refractivity (Wildman–Crippen MR) is 92.3 cm³/mol. The summed E-state index contributed by atoms with van der Waals surface area (Å²) in [5, 5.41) is 3.05. The van der Waals surface area contributed by atoms with Crippen molar-refractivity contribution in [2.24, 2.45) is 0 Å². The molecule has 2 nitrogen and oxygen atoms in total. The second kappa shape index (κ2) is 8.88. The molecule has 1 aliphatic heterocycles. The maximum absolute atomic E-state index is 13.2. The van der Waals surface area contributed by atoms with E-state index in [1.807, 2.05) is 6.08 Å². The Morgan fingerprint density at radius 3 is 2.58 bits per heavy atom. The standard InChI is InChI=1S/C18H24ClF3N2/c1-2-3-4-5-6-17(24-11-9-23-10-12-24)14-7-8-16(19)15(13-14)18(20,21)22/h2,7-8,13,17,23H,1,3-6,9-12H2/t17-/m0/s1. The number of hydrogen-bond donors (Lipinski definition) is 1. The molecule has 1 aliphatic rings. The lowest BCUT2D eigenvalue weighted by atomic mass is 9.96. The summed E-state index contributed by atoms with van der Waals surface area (Å²) in [6.45, 7) is 7.13. The van der Waals surface area contributed by atoms with Gasteiger partial charge in [0, 0.05) is 32.2 Å². The Kier molecular flexibility index (Phi) is 7.14. The van der Waals surface area contributed by atoms with Crippen LogP contribution in [0.25, 0.3) is 0 Å². The lowest BCUT2D eigenvalue weighted by Crippen LogP contribution is -2.45. The summed E-state index contributed by atoms with van der Waals surface area (Å²) >= 11 is 5.76. The summed E-state index contributed by atoms with van der Waals surface area (Å²) in [6.07, 6.45) is 1.19. The number of rotatable bonds is 7. The molecule has 0 saturated carbocycles. The van der Waals surface area contributed by atoms with Gasteiger partial charge in [0.15, 0.2) is 0 Å². The first-order valence-electron chi connectivity index (χ1n) is 8.36. The summed E-state index contributed by atoms with van der Waals surface area (Å²) < 4.78 is 39.5. The van der Waals surface area contributed by atoms with Gasteiger partial charge >= 0.3 is 6.18 Å². The van der Waals surface area contributed by atoms with Gasteiger partial charge in [0.1, 0.15) is 0 Å². The van der Waals surface area contributed by atoms with Gasteiger partial charge in [-0.15, -0.1) is 6.58 Å². The van der Waals surface area contributed by atoms with Crippen molar-refractivity contribution in [2.75, 3.05) is 26.2 Å². The van der Waals surface area contributed by atoms with Gasteiger partial charge in [-0.2, -0.15) is 13.2 Å². The van der Waals surface area contributed by atoms with E-state index in [0.717, 1.165) is 51.9 Å². The van der Waals surface area contributed by atoms with Crippen molar-refractivity contribution >= 4 is 11.6 Å². The minimum atomic E-state index is -4.43. The first kappa shape index (κ1) is 19.3. The molecular formula is C18H24ClF3N2. The zero-order valence-corrected chi connectivity index (χ0v) is 14.5. The summed E-state index contributed by atoms with van der Waals surface area (Å²) in [4.78, 5) is 2.27. The number of unbranched alkanes of at least 4 members (excludes halogenated alkanes) is 2. The van der Waals surface area contributed by atoms with E-state index in [1.54, 1.807) is 6.07 Å². The molecule has 1 aromatic rings. The van der Waals surface area contributed by atoms with Crippen molar-refractivity contribution in [3.8, 4) is 0 Å². The number of hydrogen-bond acceptors (Lipinski definition) is 2. The van der Waals surface area contributed by atoms with Gasteiger partial charge in [-0.3, -0.25) is 4.90 Å². The molecule has 1 atom stereocenters. The zero-order valence-electron chi connectivity index (χ0n) is 13.7. The monoisotopic (exact) mass is 360 g/mol. The maximum Gasteiger partial charge on any atom is 0.417 e. The van der Waals surface area contributed by atoms with Crippen LogP contribution in [0.1, 0.15) is 42.9 Å². The third-order valence-corrected chi connectivity index (χ3v) is 4.74. The van der Waals surface area contributed by atoms with Crippen LogP contribution in [0.2, 0.25) is 5.02 Å². The van der Waals surface area contributed by atoms with Crippen LogP contribution in [0.4, 0.5) is 13.2 Å². The summed E-state index contributed by atoms with van der Waals surface area (Å²) in [7, 11) is 0. The molecule has 1 fully saturated rings. The minimum Gasteiger partial charge on any atom is -0.314 e. The van der Waals surface area contributed by atoms with Gasteiger partial charge in [0.2, 0.25) is 0 Å². The third kappa shape index (κ3) is 5.23. The average molecular weight is 361 g/mol. The first-order chi connectivity index (χ1) is 11.4. The van der Waals surface area contributed by atoms with Gasteiger partial charge in [0.05, 0.1) is 10.6 Å². The molecule has 6 heteroatoms. The molecule has 24 heavy (non-hydrogen) atoms. The van der Waals surface area contributed by atoms with Crippen molar-refractivity contribution in [2.45, 2.75) is 37.9 Å². The van der Waals surface area contributed by atoms with Crippen LogP contribution in [0.3, 0.4) is 0 Å². The van der Waals surface area contributed by atoms with Gasteiger partial charge < -0.3 is 5.32 Å². The second-order valence-corrected chi connectivity index (χ2v) is 6.52. The average Bonchev–Trinajstić information content (AvgIpc) is 2.55. The fourth-order valence-electron chi connectivity index (χ4n) is 3.15. The normalized spacial score (nSPS) is 17.7. The molecule has 0 spiro atoms. The number of piperazine rings is 1. The number of alkyl halides is 3. The molecule has 1 saturated heterocycles. The van der Waals surface area contributed by atoms with E-state index in [4.69, 9.17) is 11.6 Å². The SMILES string of the molecule is C=CCCCC[C@@H](c1ccc(Cl)c(C(F)(F)F)c1)N1CCNCC1. The highest BCUT2D eigenvalue weighted by atomic mass is 35.5. The minimum absolute atomic E-state index is 0.00437. The van der Waals surface area contributed by atoms with Crippen LogP contribution in [0.15, 0.2) is 30.9 Å². The Labute approximate surface area is 146 Å². The Morgan fingerprint density at radius 2 is 1.96 bits per heavy atom. The van der Waals surface area contributed by atoms with E-state index in [2.05, 4.69) is 16.8 Å². The molecule has 0 aliphatic carbocycles. The lowest BCUT2D eigenvalue weighted by Gasteiger charge is -2.35. The molecule has 1 aromatic carbocycles. The van der Waals surface area contributed by atoms with E-state index >= 15 is 0 Å². The Hall–Kier alpha value is -1.04. The summed E-state index contributed by atoms with van der Waals surface area (Å²) in [5.74, 6) is 0. The van der Waals surface area contributed by atoms with Gasteiger partial charge in [-0.05, 0) is 37.0 Å². The van der Waals surface area contributed by atoms with E-state index in [0.29, 0.717) is 5.56 Å². The summed E-state index contributed by atoms with van der Waals surface area (Å²) in [6, 6.07) is 4.33. The molecule has 0 amide bonds. The van der Waals surface area contributed by atoms with E-state index in [9.17, 15) is 13.2 Å². The summed E-state index contributed by atoms with van der Waals surface area (Å²) in [5.41, 5.74) is -0.0416. The smallest absolute Gasteiger partial charge is 0.314 e. The molecule has 0 radical (unpaired) electrons. The van der Waals surface area contributed by atoms with Gasteiger partial charge in [-0.25, -0.2) is 0 Å².